The van der Waals surface area contributed by atoms with Crippen LogP contribution in [0, 0.1) is 0 Å². The summed E-state index contributed by atoms with van der Waals surface area (Å²) in [5.74, 6) is 0. The second-order valence-electron chi connectivity index (χ2n) is 7.83. The van der Waals surface area contributed by atoms with Crippen LogP contribution >= 0.6 is 60.8 Å². The summed E-state index contributed by atoms with van der Waals surface area (Å²) in [6, 6.07) is 0. The van der Waals surface area contributed by atoms with Crippen LogP contribution in [0.1, 0.15) is 6.42 Å². The van der Waals surface area contributed by atoms with Gasteiger partial charge in [-0.3, -0.25) is 36.5 Å². The Hall–Kier alpha value is 1.12. The molecule has 0 saturated carbocycles. The third kappa shape index (κ3) is 7.00. The van der Waals surface area contributed by atoms with Crippen molar-refractivity contribution in [2.45, 2.75) is 28.0 Å². The molecule has 40 heavy (non-hydrogen) atoms. The Balaban J connectivity index is 0.0000152. The Morgan fingerprint density at radius 2 is 0.800 bits per heavy atom. The standard InChI is InChI=1S/C6H21NO24P8.H3N/c8-32(9,10)3(33(11,12)13)7(4(34(14,15)16)35(17,18)19,5(36(20,21)22)37(23,24)25)6(38(26,27)28)1-2-31-39(6,29)30;/h3-5H,1-2H2,(H14-,8,9,10,11,12,13,14,15,16,17,18,19,20,21,22,23,24,25,26,27,28,29,30);1H3/p+1. The van der Waals surface area contributed by atoms with E-state index >= 15 is 0 Å². The maximum absolute atomic E-state index is 13.1. The molecule has 2 atom stereocenters. The van der Waals surface area contributed by atoms with Crippen LogP contribution < -0.4 is 6.15 Å². The highest BCUT2D eigenvalue weighted by Crippen LogP contribution is 2.90. The Kier molecular flexibility index (Phi) is 11.8. The van der Waals surface area contributed by atoms with Gasteiger partial charge in [-0.25, -0.2) is 4.48 Å². The van der Waals surface area contributed by atoms with Gasteiger partial charge in [-0.1, -0.05) is 0 Å². The predicted molar refractivity (Wildman–Crippen MR) is 124 cm³/mol. The highest BCUT2D eigenvalue weighted by molar-refractivity contribution is 7.75. The Morgan fingerprint density at radius 1 is 0.575 bits per heavy atom. The fourth-order valence-electron chi connectivity index (χ4n) is 4.49. The summed E-state index contributed by atoms with van der Waals surface area (Å²) in [6.45, 7) is -1.70. The van der Waals surface area contributed by atoms with Gasteiger partial charge in [0.2, 0.25) is 0 Å². The lowest BCUT2D eigenvalue weighted by molar-refractivity contribution is -0.953. The van der Waals surface area contributed by atoms with E-state index in [1.54, 1.807) is 0 Å². The number of rotatable bonds is 11. The van der Waals surface area contributed by atoms with Crippen molar-refractivity contribution < 1.29 is 119 Å². The fourth-order valence-corrected chi connectivity index (χ4v) is 21.7. The van der Waals surface area contributed by atoms with Crippen LogP contribution in [0.2, 0.25) is 0 Å². The van der Waals surface area contributed by atoms with Crippen molar-refractivity contribution in [1.29, 1.82) is 0 Å². The maximum Gasteiger partial charge on any atom is 0.401 e. The molecule has 1 rings (SSSR count). The summed E-state index contributed by atoms with van der Waals surface area (Å²) >= 11 is 0. The van der Waals surface area contributed by atoms with E-state index in [2.05, 4.69) is 4.52 Å². The van der Waals surface area contributed by atoms with Crippen molar-refractivity contribution in [2.75, 3.05) is 6.61 Å². The quantitative estimate of drug-likeness (QED) is 0.0754. The molecule has 0 aromatic heterocycles. The van der Waals surface area contributed by atoms with Gasteiger partial charge < -0.3 is 84.1 Å². The van der Waals surface area contributed by atoms with E-state index in [9.17, 15) is 110 Å². The van der Waals surface area contributed by atoms with Crippen molar-refractivity contribution in [3.63, 3.8) is 0 Å². The molecule has 0 radical (unpaired) electrons. The van der Waals surface area contributed by atoms with Crippen LogP contribution in [0.4, 0.5) is 0 Å². The zero-order valence-electron chi connectivity index (χ0n) is 18.8. The SMILES string of the molecule is N.O=P(O)(O)C([N+](C(P(=O)(O)O)P(=O)(O)O)(C(P(=O)(O)O)P(=O)(O)O)C1(P(=O)(O)O)CCOP1(=O)O)P(=O)(O)O. The molecule has 0 bridgehead atoms. The average Bonchev–Trinajstić information content (AvgIpc) is 2.81. The summed E-state index contributed by atoms with van der Waals surface area (Å²) in [5, 5.41) is -5.31. The van der Waals surface area contributed by atoms with Crippen molar-refractivity contribution >= 4 is 60.8 Å². The number of hydrogen-bond acceptors (Lipinski definition) is 10. The second-order valence-corrected chi connectivity index (χ2v) is 23.3. The topological polar surface area (TPSA) is 484 Å². The van der Waals surface area contributed by atoms with Crippen LogP contribution in [0.25, 0.3) is 0 Å². The van der Waals surface area contributed by atoms with Crippen LogP contribution in [0.15, 0.2) is 0 Å². The molecule has 1 aliphatic rings. The van der Waals surface area contributed by atoms with Crippen molar-refractivity contribution in [1.82, 2.24) is 6.15 Å². The lowest BCUT2D eigenvalue weighted by Crippen LogP contribution is -2.74. The first kappa shape index (κ1) is 41.1. The van der Waals surface area contributed by atoms with Crippen molar-refractivity contribution in [2.24, 2.45) is 0 Å². The molecule has 242 valence electrons. The van der Waals surface area contributed by atoms with Gasteiger partial charge in [0.15, 0.2) is 0 Å². The monoisotopic (exact) mass is 757 g/mol. The molecule has 2 unspecified atom stereocenters. The molecular formula is C6H25N2O24P8+. The molecule has 1 fully saturated rings. The minimum Gasteiger partial charge on any atom is -0.344 e. The van der Waals surface area contributed by atoms with Gasteiger partial charge in [0.05, 0.1) is 13.0 Å². The summed E-state index contributed by atoms with van der Waals surface area (Å²) in [4.78, 5) is 149. The molecule has 0 aliphatic carbocycles. The van der Waals surface area contributed by atoms with E-state index in [0.29, 0.717) is 0 Å². The molecular weight excluding hydrogens is 732 g/mol. The predicted octanol–water partition coefficient (Wildman–Crippen LogP) is -2.68. The van der Waals surface area contributed by atoms with Crippen molar-refractivity contribution in [3.8, 4) is 0 Å². The summed E-state index contributed by atoms with van der Waals surface area (Å²) in [6.07, 6.45) is -2.26. The second kappa shape index (κ2) is 11.5. The molecule has 1 aliphatic heterocycles. The molecule has 1 heterocycles. The first-order valence-electron chi connectivity index (χ1n) is 8.78. The number of nitrogens with zero attached hydrogens (tertiary/aromatic N) is 1. The van der Waals surface area contributed by atoms with Crippen LogP contribution in [-0.2, 0) is 41.0 Å². The van der Waals surface area contributed by atoms with Crippen LogP contribution in [-0.4, -0.2) is 106 Å². The van der Waals surface area contributed by atoms with E-state index in [-0.39, 0.29) is 6.15 Å². The lowest BCUT2D eigenvalue weighted by Gasteiger charge is -2.58. The lowest BCUT2D eigenvalue weighted by atomic mass is 10.3. The molecule has 0 spiro atoms. The van der Waals surface area contributed by atoms with Gasteiger partial charge in [0.1, 0.15) is 0 Å². The van der Waals surface area contributed by atoms with Gasteiger partial charge in [0.25, 0.3) is 16.6 Å². The zero-order chi connectivity index (χ0) is 31.9. The normalized spacial score (nSPS) is 24.6. The van der Waals surface area contributed by atoms with E-state index in [0.717, 1.165) is 0 Å². The average molecular weight is 757 g/mol. The van der Waals surface area contributed by atoms with Crippen LogP contribution in [0.3, 0.4) is 0 Å². The summed E-state index contributed by atoms with van der Waals surface area (Å²) in [7, 11) is -58.9. The number of quaternary nitrogens is 1. The van der Waals surface area contributed by atoms with E-state index in [1.165, 1.54) is 0 Å². The minimum absolute atomic E-state index is 0. The van der Waals surface area contributed by atoms with E-state index in [1.807, 2.05) is 0 Å². The van der Waals surface area contributed by atoms with E-state index < -0.39 is 99.9 Å². The third-order valence-corrected chi connectivity index (χ3v) is 21.6. The van der Waals surface area contributed by atoms with Crippen LogP contribution in [0.5, 0.6) is 0 Å². The molecule has 18 N–H and O–H groups in total. The molecule has 0 aromatic rings. The molecule has 26 nitrogen and oxygen atoms in total. The van der Waals surface area contributed by atoms with E-state index in [4.69, 9.17) is 0 Å². The molecule has 0 amide bonds. The largest absolute Gasteiger partial charge is 0.401 e. The molecule has 34 heteroatoms. The first-order chi connectivity index (χ1) is 16.6. The maximum atomic E-state index is 13.1. The van der Waals surface area contributed by atoms with Gasteiger partial charge in [-0.05, 0) is 0 Å². The van der Waals surface area contributed by atoms with Gasteiger partial charge in [0, 0.05) is 0 Å². The van der Waals surface area contributed by atoms with Gasteiger partial charge >= 0.3 is 65.8 Å². The smallest absolute Gasteiger partial charge is 0.344 e. The fraction of sp³-hybridized carbons (Fsp3) is 1.00. The molecule has 0 aromatic carbocycles. The highest BCUT2D eigenvalue weighted by atomic mass is 31.3. The first-order valence-corrected chi connectivity index (χ1v) is 22.1. The van der Waals surface area contributed by atoms with Gasteiger partial charge in [-0.2, -0.15) is 0 Å². The number of hydrogen-bond donors (Lipinski definition) is 16. The highest BCUT2D eigenvalue weighted by Gasteiger charge is 2.92. The van der Waals surface area contributed by atoms with Crippen molar-refractivity contribution in [3.05, 3.63) is 0 Å². The minimum atomic E-state index is -7.42. The summed E-state index contributed by atoms with van der Waals surface area (Å²) in [5.41, 5.74) is -15.3. The van der Waals surface area contributed by atoms with Gasteiger partial charge in [-0.15, -0.1) is 0 Å². The Morgan fingerprint density at radius 3 is 0.925 bits per heavy atom. The molecule has 1 saturated heterocycles. The Labute approximate surface area is 220 Å². The zero-order valence-corrected chi connectivity index (χ0v) is 25.9. The summed E-state index contributed by atoms with van der Waals surface area (Å²) < 4.78 is 100. The third-order valence-electron chi connectivity index (χ3n) is 5.19. The Bertz CT molecular complexity index is 1180.